The van der Waals surface area contributed by atoms with Crippen molar-refractivity contribution in [2.75, 3.05) is 14.2 Å². The van der Waals surface area contributed by atoms with E-state index in [9.17, 15) is 4.79 Å². The molecule has 1 amide bonds. The van der Waals surface area contributed by atoms with E-state index in [1.165, 1.54) is 5.57 Å². The molecule has 1 aliphatic heterocycles. The lowest BCUT2D eigenvalue weighted by Gasteiger charge is -2.29. The van der Waals surface area contributed by atoms with Crippen LogP contribution in [0.15, 0.2) is 83.5 Å². The maximum absolute atomic E-state index is 13.7. The highest BCUT2D eigenvalue weighted by atomic mass is 16.5. The number of nitrogens with zero attached hydrogens (tertiary/aromatic N) is 2. The molecular weight excluding hydrogens is 436 g/mol. The van der Waals surface area contributed by atoms with Gasteiger partial charge in [-0.15, -0.1) is 0 Å². The van der Waals surface area contributed by atoms with Crippen LogP contribution < -0.4 is 9.47 Å². The van der Waals surface area contributed by atoms with Gasteiger partial charge in [-0.2, -0.15) is 5.10 Å². The van der Waals surface area contributed by atoms with Crippen molar-refractivity contribution in [3.05, 3.63) is 101 Å². The molecular formula is C30H30N2O3. The fourth-order valence-corrected chi connectivity index (χ4v) is 5.03. The maximum Gasteiger partial charge on any atom is 0.274 e. The highest BCUT2D eigenvalue weighted by Gasteiger charge is 2.43. The van der Waals surface area contributed by atoms with Crippen LogP contribution in [0.5, 0.6) is 11.5 Å². The third-order valence-corrected chi connectivity index (χ3v) is 6.92. The summed E-state index contributed by atoms with van der Waals surface area (Å²) in [6, 6.07) is 23.6. The van der Waals surface area contributed by atoms with Crippen LogP contribution in [0, 0.1) is 12.8 Å². The maximum atomic E-state index is 13.7. The number of fused-ring (bicyclic) bond motifs is 1. The number of allylic oxidation sites excluding steroid dienone is 1. The zero-order valence-electron chi connectivity index (χ0n) is 20.4. The Kier molecular flexibility index (Phi) is 6.41. The smallest absolute Gasteiger partial charge is 0.274 e. The molecule has 1 aliphatic carbocycles. The molecule has 0 saturated heterocycles. The summed E-state index contributed by atoms with van der Waals surface area (Å²) in [7, 11) is 3.34. The van der Waals surface area contributed by atoms with Crippen molar-refractivity contribution in [3.63, 3.8) is 0 Å². The van der Waals surface area contributed by atoms with Crippen molar-refractivity contribution >= 4 is 17.7 Å². The van der Waals surface area contributed by atoms with Gasteiger partial charge in [-0.3, -0.25) is 4.79 Å². The summed E-state index contributed by atoms with van der Waals surface area (Å²) in [6.07, 6.45) is 5.21. The average Bonchev–Trinajstić information content (AvgIpc) is 3.30. The van der Waals surface area contributed by atoms with Crippen molar-refractivity contribution in [2.24, 2.45) is 11.0 Å². The van der Waals surface area contributed by atoms with E-state index in [0.717, 1.165) is 53.2 Å². The molecule has 0 bridgehead atoms. The lowest BCUT2D eigenvalue weighted by Crippen LogP contribution is -2.31. The van der Waals surface area contributed by atoms with E-state index in [-0.39, 0.29) is 17.9 Å². The van der Waals surface area contributed by atoms with Crippen molar-refractivity contribution < 1.29 is 14.3 Å². The van der Waals surface area contributed by atoms with E-state index in [1.54, 1.807) is 19.2 Å². The number of aryl methyl sites for hydroxylation is 1. The molecule has 5 rings (SSSR count). The van der Waals surface area contributed by atoms with E-state index in [0.29, 0.717) is 5.56 Å². The lowest BCUT2D eigenvalue weighted by atomic mass is 9.77. The molecule has 1 heterocycles. The molecule has 0 spiro atoms. The average molecular weight is 467 g/mol. The van der Waals surface area contributed by atoms with Crippen molar-refractivity contribution in [1.82, 2.24) is 5.01 Å². The van der Waals surface area contributed by atoms with E-state index in [1.807, 2.05) is 55.5 Å². The fraction of sp³-hybridized carbons (Fsp3) is 0.267. The Bertz CT molecular complexity index is 1260. The molecule has 0 aromatic heterocycles. The van der Waals surface area contributed by atoms with E-state index >= 15 is 0 Å². The minimum Gasteiger partial charge on any atom is -0.497 e. The van der Waals surface area contributed by atoms with Crippen LogP contribution >= 0.6 is 0 Å². The summed E-state index contributed by atoms with van der Waals surface area (Å²) in [6.45, 7) is 2.02. The Morgan fingerprint density at radius 3 is 2.17 bits per heavy atom. The molecule has 1 saturated carbocycles. The van der Waals surface area contributed by atoms with Crippen LogP contribution in [-0.2, 0) is 0 Å². The predicted octanol–water partition coefficient (Wildman–Crippen LogP) is 6.45. The first kappa shape index (κ1) is 22.9. The Hall–Kier alpha value is -3.86. The van der Waals surface area contributed by atoms with E-state index < -0.39 is 0 Å². The van der Waals surface area contributed by atoms with Crippen LogP contribution in [0.1, 0.15) is 52.4 Å². The third kappa shape index (κ3) is 4.59. The minimum atomic E-state index is -0.149. The normalized spacial score (nSPS) is 20.4. The fourth-order valence-electron chi connectivity index (χ4n) is 5.03. The van der Waals surface area contributed by atoms with Crippen LogP contribution in [-0.4, -0.2) is 30.8 Å². The summed E-state index contributed by atoms with van der Waals surface area (Å²) in [5, 5.41) is 6.70. The highest BCUT2D eigenvalue weighted by Crippen LogP contribution is 2.45. The number of ether oxygens (including phenoxy) is 2. The Morgan fingerprint density at radius 2 is 1.54 bits per heavy atom. The Morgan fingerprint density at radius 1 is 0.914 bits per heavy atom. The standard InChI is InChI=1S/C30H30N2O3/c1-20-7-11-23(12-8-20)30(33)32-29(22-13-17-26(35-3)18-14-22)27-6-4-5-24(28(27)31-32)19-21-9-15-25(34-2)16-10-21/h7-19,27,29H,4-6H2,1-3H3/b24-19-/t27-,29+/m0/s1. The monoisotopic (exact) mass is 466 g/mol. The molecule has 178 valence electrons. The summed E-state index contributed by atoms with van der Waals surface area (Å²) in [4.78, 5) is 13.7. The summed E-state index contributed by atoms with van der Waals surface area (Å²) >= 11 is 0. The zero-order valence-corrected chi connectivity index (χ0v) is 20.4. The van der Waals surface area contributed by atoms with Gasteiger partial charge in [-0.25, -0.2) is 5.01 Å². The van der Waals surface area contributed by atoms with Gasteiger partial charge < -0.3 is 9.47 Å². The molecule has 1 fully saturated rings. The second-order valence-corrected chi connectivity index (χ2v) is 9.16. The molecule has 35 heavy (non-hydrogen) atoms. The quantitative estimate of drug-likeness (QED) is 0.434. The number of hydrogen-bond donors (Lipinski definition) is 0. The van der Waals surface area contributed by atoms with Gasteiger partial charge in [-0.1, -0.05) is 42.0 Å². The zero-order chi connectivity index (χ0) is 24.4. The van der Waals surface area contributed by atoms with Crippen molar-refractivity contribution in [3.8, 4) is 11.5 Å². The third-order valence-electron chi connectivity index (χ3n) is 6.92. The Labute approximate surface area is 206 Å². The highest BCUT2D eigenvalue weighted by molar-refractivity contribution is 6.09. The second kappa shape index (κ2) is 9.79. The number of hydrazone groups is 1. The van der Waals surface area contributed by atoms with E-state index in [4.69, 9.17) is 14.6 Å². The number of rotatable bonds is 5. The van der Waals surface area contributed by atoms with Gasteiger partial charge in [0.25, 0.3) is 5.91 Å². The van der Waals surface area contributed by atoms with Crippen molar-refractivity contribution in [1.29, 1.82) is 0 Å². The molecule has 2 atom stereocenters. The summed E-state index contributed by atoms with van der Waals surface area (Å²) in [5.41, 5.74) is 6.17. The Balaban J connectivity index is 1.55. The number of methoxy groups -OCH3 is 2. The molecule has 0 radical (unpaired) electrons. The van der Waals surface area contributed by atoms with Crippen LogP contribution in [0.4, 0.5) is 0 Å². The molecule has 5 nitrogen and oxygen atoms in total. The molecule has 5 heteroatoms. The van der Waals surface area contributed by atoms with E-state index in [2.05, 4.69) is 30.3 Å². The van der Waals surface area contributed by atoms with Gasteiger partial charge in [-0.05, 0) is 85.4 Å². The first-order valence-electron chi connectivity index (χ1n) is 12.0. The van der Waals surface area contributed by atoms with Crippen LogP contribution in [0.25, 0.3) is 6.08 Å². The molecule has 0 unspecified atom stereocenters. The summed E-state index contributed by atoms with van der Waals surface area (Å²) in [5.74, 6) is 1.71. The topological polar surface area (TPSA) is 51.1 Å². The molecule has 0 N–H and O–H groups in total. The van der Waals surface area contributed by atoms with Gasteiger partial charge in [0, 0.05) is 11.5 Å². The molecule has 3 aromatic carbocycles. The summed E-state index contributed by atoms with van der Waals surface area (Å²) < 4.78 is 10.7. The predicted molar refractivity (Wildman–Crippen MR) is 139 cm³/mol. The van der Waals surface area contributed by atoms with Gasteiger partial charge in [0.2, 0.25) is 0 Å². The first-order valence-corrected chi connectivity index (χ1v) is 12.0. The van der Waals surface area contributed by atoms with Crippen molar-refractivity contribution in [2.45, 2.75) is 32.2 Å². The number of amides is 1. The lowest BCUT2D eigenvalue weighted by molar-refractivity contribution is 0.0681. The van der Waals surface area contributed by atoms with Crippen LogP contribution in [0.2, 0.25) is 0 Å². The largest absolute Gasteiger partial charge is 0.497 e. The first-order chi connectivity index (χ1) is 17.1. The van der Waals surface area contributed by atoms with Gasteiger partial charge in [0.1, 0.15) is 11.5 Å². The SMILES string of the molecule is COc1ccc(/C=C2/CCC[C@H]3C2=NN(C(=O)c2ccc(C)cc2)[C@@H]3c2ccc(OC)cc2)cc1. The van der Waals surface area contributed by atoms with Gasteiger partial charge in [0.15, 0.2) is 0 Å². The van der Waals surface area contributed by atoms with Gasteiger partial charge >= 0.3 is 0 Å². The second-order valence-electron chi connectivity index (χ2n) is 9.16. The number of hydrogen-bond acceptors (Lipinski definition) is 4. The number of benzene rings is 3. The minimum absolute atomic E-state index is 0.0727. The molecule has 3 aromatic rings. The molecule has 2 aliphatic rings. The van der Waals surface area contributed by atoms with Crippen LogP contribution in [0.3, 0.4) is 0 Å². The number of carbonyl (C=O) groups is 1. The van der Waals surface area contributed by atoms with Gasteiger partial charge in [0.05, 0.1) is 26.0 Å². The number of carbonyl (C=O) groups excluding carboxylic acids is 1.